The molecule has 0 saturated carbocycles. The van der Waals surface area contributed by atoms with Gasteiger partial charge < -0.3 is 10.6 Å². The summed E-state index contributed by atoms with van der Waals surface area (Å²) in [7, 11) is 3.80. The van der Waals surface area contributed by atoms with Gasteiger partial charge in [-0.3, -0.25) is 0 Å². The van der Waals surface area contributed by atoms with E-state index in [2.05, 4.69) is 65.0 Å². The van der Waals surface area contributed by atoms with Crippen molar-refractivity contribution in [1.82, 2.24) is 0 Å². The van der Waals surface area contributed by atoms with Crippen LogP contribution in [0.15, 0.2) is 118 Å². The standard InChI is InChI=1S/C30H34N8/c1-31-25-7-11-27(12-8-25)33-35-29-15-21-37(22-16-29)19-5-3-4-6-20-38-23-17-30(18-24-38)36-34-28-13-9-26(32-2)10-14-28/h7-18,21-24H,3-6,19-20H2,1-2H3/p+2. The normalized spacial score (nSPS) is 11.3. The van der Waals surface area contributed by atoms with Crippen molar-refractivity contribution in [3.8, 4) is 0 Å². The van der Waals surface area contributed by atoms with Crippen LogP contribution in [-0.4, -0.2) is 14.1 Å². The maximum atomic E-state index is 4.33. The van der Waals surface area contributed by atoms with Gasteiger partial charge in [-0.15, -0.1) is 0 Å². The summed E-state index contributed by atoms with van der Waals surface area (Å²) in [5, 5.41) is 23.5. The number of pyridine rings is 2. The molecular formula is C30H36N8+2. The highest BCUT2D eigenvalue weighted by molar-refractivity contribution is 5.51. The van der Waals surface area contributed by atoms with Crippen molar-refractivity contribution in [2.24, 2.45) is 20.5 Å². The summed E-state index contributed by atoms with van der Waals surface area (Å²) in [6.07, 6.45) is 13.0. The zero-order valence-electron chi connectivity index (χ0n) is 22.2. The van der Waals surface area contributed by atoms with Gasteiger partial charge in [0.1, 0.15) is 13.1 Å². The first-order chi connectivity index (χ1) is 18.7. The highest BCUT2D eigenvalue weighted by atomic mass is 15.1. The Hall–Kier alpha value is -4.46. The number of rotatable bonds is 13. The Labute approximate surface area is 224 Å². The minimum atomic E-state index is 0.840. The molecule has 0 aliphatic rings. The van der Waals surface area contributed by atoms with E-state index in [4.69, 9.17) is 0 Å². The predicted molar refractivity (Wildman–Crippen MR) is 152 cm³/mol. The van der Waals surface area contributed by atoms with Crippen LogP contribution in [0.4, 0.5) is 34.1 Å². The second-order valence-corrected chi connectivity index (χ2v) is 9.00. The maximum absolute atomic E-state index is 4.33. The van der Waals surface area contributed by atoms with Crippen LogP contribution in [0.1, 0.15) is 25.7 Å². The molecule has 0 amide bonds. The molecule has 0 unspecified atom stereocenters. The molecule has 0 aliphatic heterocycles. The number of nitrogens with one attached hydrogen (secondary N) is 2. The van der Waals surface area contributed by atoms with Crippen LogP contribution in [0.3, 0.4) is 0 Å². The summed E-state index contributed by atoms with van der Waals surface area (Å²) < 4.78 is 4.41. The van der Waals surface area contributed by atoms with Crippen LogP contribution in [0, 0.1) is 0 Å². The fraction of sp³-hybridized carbons (Fsp3) is 0.267. The summed E-state index contributed by atoms with van der Waals surface area (Å²) in [5.41, 5.74) is 5.50. The van der Waals surface area contributed by atoms with Crippen molar-refractivity contribution in [1.29, 1.82) is 0 Å². The molecule has 0 fully saturated rings. The van der Waals surface area contributed by atoms with E-state index in [-0.39, 0.29) is 0 Å². The Bertz CT molecular complexity index is 1190. The van der Waals surface area contributed by atoms with Gasteiger partial charge in [-0.2, -0.15) is 20.5 Å². The lowest BCUT2D eigenvalue weighted by atomic mass is 10.2. The SMILES string of the molecule is CNc1ccc(N=Nc2cc[n+](CCCCCC[n+]3ccc(N=Nc4ccc(NC)cc4)cc3)cc2)cc1. The fourth-order valence-electron chi connectivity index (χ4n) is 3.89. The lowest BCUT2D eigenvalue weighted by molar-refractivity contribution is -0.698. The van der Waals surface area contributed by atoms with Gasteiger partial charge in [0.2, 0.25) is 0 Å². The summed E-state index contributed by atoms with van der Waals surface area (Å²) in [4.78, 5) is 0. The molecule has 0 spiro atoms. The molecule has 0 saturated heterocycles. The molecule has 8 nitrogen and oxygen atoms in total. The summed E-state index contributed by atoms with van der Waals surface area (Å²) in [6, 6.07) is 23.8. The number of aryl methyl sites for hydroxylation is 2. The molecule has 4 rings (SSSR count). The number of anilines is 2. The molecule has 38 heavy (non-hydrogen) atoms. The first-order valence-electron chi connectivity index (χ1n) is 13.1. The van der Waals surface area contributed by atoms with Crippen molar-refractivity contribution in [3.05, 3.63) is 97.6 Å². The average Bonchev–Trinajstić information content (AvgIpc) is 2.98. The van der Waals surface area contributed by atoms with Crippen molar-refractivity contribution in [2.45, 2.75) is 38.8 Å². The van der Waals surface area contributed by atoms with Gasteiger partial charge >= 0.3 is 0 Å². The lowest BCUT2D eigenvalue weighted by Crippen LogP contribution is -2.33. The summed E-state index contributed by atoms with van der Waals surface area (Å²) >= 11 is 0. The Morgan fingerprint density at radius 1 is 0.447 bits per heavy atom. The minimum Gasteiger partial charge on any atom is -0.388 e. The van der Waals surface area contributed by atoms with Gasteiger partial charge in [-0.25, -0.2) is 9.13 Å². The van der Waals surface area contributed by atoms with Crippen LogP contribution in [0.2, 0.25) is 0 Å². The molecule has 194 valence electrons. The van der Waals surface area contributed by atoms with E-state index in [9.17, 15) is 0 Å². The van der Waals surface area contributed by atoms with Crippen molar-refractivity contribution in [3.63, 3.8) is 0 Å². The van der Waals surface area contributed by atoms with Gasteiger partial charge in [0.25, 0.3) is 0 Å². The molecule has 2 N–H and O–H groups in total. The molecule has 2 aromatic heterocycles. The van der Waals surface area contributed by atoms with E-state index in [0.29, 0.717) is 0 Å². The predicted octanol–water partition coefficient (Wildman–Crippen LogP) is 7.44. The van der Waals surface area contributed by atoms with E-state index in [1.807, 2.05) is 86.9 Å². The number of hydrogen-bond donors (Lipinski definition) is 2. The molecule has 2 heterocycles. The van der Waals surface area contributed by atoms with Gasteiger partial charge in [0, 0.05) is 62.6 Å². The van der Waals surface area contributed by atoms with E-state index < -0.39 is 0 Å². The second-order valence-electron chi connectivity index (χ2n) is 9.00. The zero-order chi connectivity index (χ0) is 26.4. The Kier molecular flexibility index (Phi) is 10.0. The van der Waals surface area contributed by atoms with Gasteiger partial charge in [0.15, 0.2) is 24.8 Å². The summed E-state index contributed by atoms with van der Waals surface area (Å²) in [5.74, 6) is 0. The van der Waals surface area contributed by atoms with E-state index in [1.165, 1.54) is 12.8 Å². The lowest BCUT2D eigenvalue weighted by Gasteiger charge is -2.00. The third-order valence-corrected chi connectivity index (χ3v) is 6.20. The van der Waals surface area contributed by atoms with Crippen LogP contribution in [0.25, 0.3) is 0 Å². The van der Waals surface area contributed by atoms with E-state index in [0.717, 1.165) is 60.1 Å². The number of aromatic nitrogens is 2. The topological polar surface area (TPSA) is 81.3 Å². The van der Waals surface area contributed by atoms with Crippen LogP contribution < -0.4 is 19.8 Å². The number of nitrogens with zero attached hydrogens (tertiary/aromatic N) is 6. The van der Waals surface area contributed by atoms with E-state index in [1.54, 1.807) is 0 Å². The number of unbranched alkanes of at least 4 members (excludes halogenated alkanes) is 3. The smallest absolute Gasteiger partial charge is 0.171 e. The minimum absolute atomic E-state index is 0.840. The quantitative estimate of drug-likeness (QED) is 0.112. The Balaban J connectivity index is 1.11. The number of benzene rings is 2. The van der Waals surface area contributed by atoms with Crippen molar-refractivity contribution in [2.75, 3.05) is 24.7 Å². The highest BCUT2D eigenvalue weighted by Crippen LogP contribution is 2.20. The zero-order valence-corrected chi connectivity index (χ0v) is 22.2. The maximum Gasteiger partial charge on any atom is 0.171 e. The Morgan fingerprint density at radius 3 is 1.08 bits per heavy atom. The van der Waals surface area contributed by atoms with Crippen LogP contribution in [0.5, 0.6) is 0 Å². The third-order valence-electron chi connectivity index (χ3n) is 6.20. The average molecular weight is 509 g/mol. The third kappa shape index (κ3) is 8.58. The number of azo groups is 2. The fourth-order valence-corrected chi connectivity index (χ4v) is 3.89. The molecule has 0 radical (unpaired) electrons. The molecular weight excluding hydrogens is 472 g/mol. The van der Waals surface area contributed by atoms with Crippen LogP contribution >= 0.6 is 0 Å². The molecule has 2 aromatic carbocycles. The Morgan fingerprint density at radius 2 is 0.763 bits per heavy atom. The molecule has 0 atom stereocenters. The summed E-state index contributed by atoms with van der Waals surface area (Å²) in [6.45, 7) is 2.01. The molecule has 0 aliphatic carbocycles. The number of hydrogen-bond acceptors (Lipinski definition) is 6. The monoisotopic (exact) mass is 508 g/mol. The first-order valence-corrected chi connectivity index (χ1v) is 13.1. The van der Waals surface area contributed by atoms with Gasteiger partial charge in [-0.1, -0.05) is 0 Å². The second kappa shape index (κ2) is 14.3. The first kappa shape index (κ1) is 26.6. The van der Waals surface area contributed by atoms with Crippen molar-refractivity contribution >= 4 is 34.1 Å². The largest absolute Gasteiger partial charge is 0.388 e. The van der Waals surface area contributed by atoms with E-state index >= 15 is 0 Å². The highest BCUT2D eigenvalue weighted by Gasteiger charge is 2.04. The van der Waals surface area contributed by atoms with Crippen molar-refractivity contribution < 1.29 is 9.13 Å². The van der Waals surface area contributed by atoms with Gasteiger partial charge in [0.05, 0.1) is 22.7 Å². The molecule has 4 aromatic rings. The van der Waals surface area contributed by atoms with Crippen LogP contribution in [-0.2, 0) is 13.1 Å². The molecule has 8 heteroatoms. The van der Waals surface area contributed by atoms with Gasteiger partial charge in [-0.05, 0) is 61.4 Å². The molecule has 0 bridgehead atoms.